The Morgan fingerprint density at radius 3 is 1.21 bits per heavy atom. The second-order valence-electron chi connectivity index (χ2n) is 4.99. The molecule has 0 atom stereocenters. The molecule has 0 aliphatic carbocycles. The minimum atomic E-state index is -1.51. The molecule has 2 aromatic rings. The first kappa shape index (κ1) is 30.8. The Bertz CT molecular complexity index is 1050. The fourth-order valence-corrected chi connectivity index (χ4v) is 1.13. The van der Waals surface area contributed by atoms with Crippen LogP contribution >= 0.6 is 0 Å². The molecule has 2 rings (SSSR count). The molecule has 0 fully saturated rings. The summed E-state index contributed by atoms with van der Waals surface area (Å²) in [6.45, 7) is 0. The van der Waals surface area contributed by atoms with E-state index in [0.717, 1.165) is 12.4 Å². The number of carboxylic acid groups (broad SMARTS) is 4. The summed E-state index contributed by atoms with van der Waals surface area (Å²) in [6, 6.07) is 0. The number of aliphatic carboxylic acids is 4. The molecule has 0 saturated heterocycles. The van der Waals surface area contributed by atoms with Gasteiger partial charge in [-0.1, -0.05) is 0 Å². The van der Waals surface area contributed by atoms with Gasteiger partial charge in [0.25, 0.3) is 0 Å². The summed E-state index contributed by atoms with van der Waals surface area (Å²) < 4.78 is 24.3. The molecule has 0 radical (unpaired) electrons. The highest BCUT2D eigenvalue weighted by Crippen LogP contribution is 1.96. The SMILES string of the molecule is Nc1[nH]c(=O)[nH+]cc1F.Nc1[nH]c(=O)[nH+]cc1F.O=C([O-])/C=C\C(=O)O.O=C([O-])/C=C\C(=O)O. The van der Waals surface area contributed by atoms with Crippen LogP contribution in [0.1, 0.15) is 0 Å². The van der Waals surface area contributed by atoms with E-state index in [-0.39, 0.29) is 11.6 Å². The quantitative estimate of drug-likeness (QED) is 0.219. The second kappa shape index (κ2) is 16.3. The van der Waals surface area contributed by atoms with Gasteiger partial charge in [-0.15, -0.1) is 0 Å². The molecule has 0 unspecified atom stereocenters. The van der Waals surface area contributed by atoms with Crippen LogP contribution in [0.2, 0.25) is 0 Å². The van der Waals surface area contributed by atoms with E-state index in [4.69, 9.17) is 21.7 Å². The van der Waals surface area contributed by atoms with E-state index < -0.39 is 46.9 Å². The molecule has 2 aromatic heterocycles. The van der Waals surface area contributed by atoms with Gasteiger partial charge in [-0.3, -0.25) is 0 Å². The number of aromatic amines is 4. The third-order valence-corrected chi connectivity index (χ3v) is 2.39. The van der Waals surface area contributed by atoms with Crippen molar-refractivity contribution < 1.29 is 58.4 Å². The number of nitrogens with two attached hydrogens (primary N) is 2. The van der Waals surface area contributed by atoms with Crippen molar-refractivity contribution in [3.8, 4) is 0 Å². The van der Waals surface area contributed by atoms with Gasteiger partial charge in [0.2, 0.25) is 23.3 Å². The van der Waals surface area contributed by atoms with Crippen LogP contribution in [-0.4, -0.2) is 44.1 Å². The van der Waals surface area contributed by atoms with Gasteiger partial charge in [-0.05, 0) is 12.2 Å². The third-order valence-electron chi connectivity index (χ3n) is 2.39. The molecule has 0 saturated carbocycles. The average molecular weight is 490 g/mol. The molecule has 34 heavy (non-hydrogen) atoms. The number of hydrogen-bond acceptors (Lipinski definition) is 10. The Hall–Kier alpha value is -5.42. The zero-order valence-corrected chi connectivity index (χ0v) is 16.5. The van der Waals surface area contributed by atoms with Gasteiger partial charge in [0.05, 0.1) is 11.9 Å². The van der Waals surface area contributed by atoms with E-state index in [2.05, 4.69) is 9.97 Å². The molecule has 0 aliphatic heterocycles. The zero-order chi connectivity index (χ0) is 26.8. The Kier molecular flexibility index (Phi) is 14.7. The third kappa shape index (κ3) is 18.6. The smallest absolute Gasteiger partial charge is 0.495 e. The number of carbonyl (C=O) groups excluding carboxylic acids is 2. The normalized spacial score (nSPS) is 9.47. The Balaban J connectivity index is 0. The van der Waals surface area contributed by atoms with Gasteiger partial charge < -0.3 is 41.5 Å². The monoisotopic (exact) mass is 490 g/mol. The van der Waals surface area contributed by atoms with Crippen LogP contribution < -0.4 is 43.0 Å². The summed E-state index contributed by atoms with van der Waals surface area (Å²) in [5, 5.41) is 34.5. The molecule has 0 aromatic carbocycles. The molecule has 0 bridgehead atoms. The number of carboxylic acids is 4. The maximum absolute atomic E-state index is 12.2. The van der Waals surface area contributed by atoms with Crippen molar-refractivity contribution in [2.75, 3.05) is 11.5 Å². The molecule has 16 nitrogen and oxygen atoms in total. The van der Waals surface area contributed by atoms with Crippen molar-refractivity contribution in [2.45, 2.75) is 0 Å². The first-order valence-electron chi connectivity index (χ1n) is 8.01. The van der Waals surface area contributed by atoms with Crippen LogP contribution in [0.5, 0.6) is 0 Å². The maximum Gasteiger partial charge on any atom is 0.495 e. The van der Waals surface area contributed by atoms with E-state index in [9.17, 15) is 47.8 Å². The van der Waals surface area contributed by atoms with Gasteiger partial charge in [0.1, 0.15) is 12.4 Å². The topological polar surface area (TPSA) is 301 Å². The summed E-state index contributed by atoms with van der Waals surface area (Å²) in [7, 11) is 0. The average Bonchev–Trinajstić information content (AvgIpc) is 2.72. The van der Waals surface area contributed by atoms with Crippen LogP contribution in [0.15, 0.2) is 46.3 Å². The van der Waals surface area contributed by atoms with Gasteiger partial charge in [-0.2, -0.15) is 28.3 Å². The predicted octanol–water partition coefficient (Wildman–Crippen LogP) is -5.43. The summed E-state index contributed by atoms with van der Waals surface area (Å²) in [6.07, 6.45) is 3.68. The van der Waals surface area contributed by atoms with Crippen molar-refractivity contribution in [3.05, 3.63) is 69.3 Å². The first-order valence-corrected chi connectivity index (χ1v) is 8.01. The first-order chi connectivity index (χ1) is 15.6. The number of nitrogen functional groups attached to an aromatic ring is 2. The minimum Gasteiger partial charge on any atom is -0.545 e. The second-order valence-corrected chi connectivity index (χ2v) is 4.99. The number of H-pyrrole nitrogens is 4. The number of rotatable bonds is 4. The standard InChI is InChI=1S/2C4H4FN3O.2C4H4O4/c2*5-2-1-7-4(9)8-3(2)6;2*5-3(6)1-2-4(7)8/h2*1H,(H3,6,7,8,9);2*1-2H,(H,5,6)(H,7,8)/b;;2*2-1-. The number of nitrogens with one attached hydrogen (secondary N) is 4. The number of halogens is 2. The number of aromatic nitrogens is 4. The highest BCUT2D eigenvalue weighted by atomic mass is 19.1. The molecule has 10 N–H and O–H groups in total. The van der Waals surface area contributed by atoms with Crippen molar-refractivity contribution >= 4 is 35.5 Å². The van der Waals surface area contributed by atoms with Gasteiger partial charge in [-0.25, -0.2) is 19.6 Å². The Labute approximate surface area is 185 Å². The highest BCUT2D eigenvalue weighted by molar-refractivity contribution is 5.89. The highest BCUT2D eigenvalue weighted by Gasteiger charge is 2.03. The van der Waals surface area contributed by atoms with Crippen molar-refractivity contribution in [1.82, 2.24) is 9.97 Å². The van der Waals surface area contributed by atoms with E-state index in [1.54, 1.807) is 0 Å². The molecular formula is C16H16F2N6O10. The molecule has 0 amide bonds. The summed E-state index contributed by atoms with van der Waals surface area (Å²) in [4.78, 5) is 66.7. The van der Waals surface area contributed by atoms with Crippen molar-refractivity contribution in [2.24, 2.45) is 0 Å². The summed E-state index contributed by atoms with van der Waals surface area (Å²) in [5.41, 5.74) is 8.90. The largest absolute Gasteiger partial charge is 0.545 e. The lowest BCUT2D eigenvalue weighted by molar-refractivity contribution is -0.405. The van der Waals surface area contributed by atoms with E-state index in [1.165, 1.54) is 0 Å². The lowest BCUT2D eigenvalue weighted by Crippen LogP contribution is -2.30. The van der Waals surface area contributed by atoms with Crippen LogP contribution in [-0.2, 0) is 19.2 Å². The Morgan fingerprint density at radius 2 is 1.06 bits per heavy atom. The van der Waals surface area contributed by atoms with E-state index in [1.807, 2.05) is 9.97 Å². The fourth-order valence-electron chi connectivity index (χ4n) is 1.13. The van der Waals surface area contributed by atoms with E-state index >= 15 is 0 Å². The molecular weight excluding hydrogens is 474 g/mol. The van der Waals surface area contributed by atoms with Crippen LogP contribution in [0.3, 0.4) is 0 Å². The van der Waals surface area contributed by atoms with Gasteiger partial charge >= 0.3 is 23.3 Å². The fraction of sp³-hybridized carbons (Fsp3) is 0. The lowest BCUT2D eigenvalue weighted by atomic mass is 10.5. The van der Waals surface area contributed by atoms with Crippen molar-refractivity contribution in [3.63, 3.8) is 0 Å². The molecule has 184 valence electrons. The molecule has 2 heterocycles. The lowest BCUT2D eigenvalue weighted by Gasteiger charge is -1.85. The number of anilines is 2. The maximum atomic E-state index is 12.2. The zero-order valence-electron chi connectivity index (χ0n) is 16.5. The number of carbonyl (C=O) groups is 4. The van der Waals surface area contributed by atoms with Crippen molar-refractivity contribution in [1.29, 1.82) is 0 Å². The van der Waals surface area contributed by atoms with Gasteiger partial charge in [0, 0.05) is 12.2 Å². The van der Waals surface area contributed by atoms with E-state index in [0.29, 0.717) is 24.3 Å². The van der Waals surface area contributed by atoms with Crippen LogP contribution in [0, 0.1) is 11.6 Å². The predicted molar refractivity (Wildman–Crippen MR) is 99.5 cm³/mol. The van der Waals surface area contributed by atoms with Crippen LogP contribution in [0.25, 0.3) is 0 Å². The minimum absolute atomic E-state index is 0.251. The molecule has 18 heteroatoms. The molecule has 0 spiro atoms. The Morgan fingerprint density at radius 1 is 0.765 bits per heavy atom. The van der Waals surface area contributed by atoms with Gasteiger partial charge in [0.15, 0.2) is 0 Å². The summed E-state index contributed by atoms with van der Waals surface area (Å²) >= 11 is 0. The molecule has 0 aliphatic rings. The number of hydrogen-bond donors (Lipinski definition) is 6. The van der Waals surface area contributed by atoms with Crippen LogP contribution in [0.4, 0.5) is 20.4 Å². The summed E-state index contributed by atoms with van der Waals surface area (Å²) in [5.74, 6) is -7.43.